The SMILES string of the molecule is CC(C)CC(=O)CCC1CCOCC1. The van der Waals surface area contributed by atoms with Crippen molar-refractivity contribution in [3.05, 3.63) is 0 Å². The summed E-state index contributed by atoms with van der Waals surface area (Å²) in [4.78, 5) is 11.5. The van der Waals surface area contributed by atoms with Crippen LogP contribution < -0.4 is 0 Å². The van der Waals surface area contributed by atoms with Crippen molar-refractivity contribution in [2.45, 2.75) is 46.0 Å². The number of ether oxygens (including phenoxy) is 1. The van der Waals surface area contributed by atoms with Gasteiger partial charge in [-0.05, 0) is 31.1 Å². The van der Waals surface area contributed by atoms with Crippen LogP contribution in [0.5, 0.6) is 0 Å². The quantitative estimate of drug-likeness (QED) is 0.679. The summed E-state index contributed by atoms with van der Waals surface area (Å²) in [6, 6.07) is 0. The molecule has 0 atom stereocenters. The third-order valence-electron chi connectivity index (χ3n) is 2.81. The van der Waals surface area contributed by atoms with Crippen molar-refractivity contribution in [3.63, 3.8) is 0 Å². The second-order valence-corrected chi connectivity index (χ2v) is 4.73. The Hall–Kier alpha value is -0.370. The van der Waals surface area contributed by atoms with Crippen molar-refractivity contribution in [2.24, 2.45) is 11.8 Å². The Balaban J connectivity index is 2.09. The molecule has 0 unspecified atom stereocenters. The lowest BCUT2D eigenvalue weighted by Gasteiger charge is -2.21. The first-order chi connectivity index (χ1) is 6.68. The molecule has 0 saturated carbocycles. The van der Waals surface area contributed by atoms with Crippen LogP contribution in [0.2, 0.25) is 0 Å². The predicted molar refractivity (Wildman–Crippen MR) is 57.2 cm³/mol. The highest BCUT2D eigenvalue weighted by Gasteiger charge is 2.15. The second kappa shape index (κ2) is 6.18. The van der Waals surface area contributed by atoms with Crippen LogP contribution in [0.4, 0.5) is 0 Å². The molecule has 14 heavy (non-hydrogen) atoms. The molecule has 2 heteroatoms. The zero-order chi connectivity index (χ0) is 10.4. The van der Waals surface area contributed by atoms with E-state index in [9.17, 15) is 4.79 Å². The van der Waals surface area contributed by atoms with E-state index >= 15 is 0 Å². The highest BCUT2D eigenvalue weighted by molar-refractivity contribution is 5.78. The largest absolute Gasteiger partial charge is 0.381 e. The standard InChI is InChI=1S/C12H22O2/c1-10(2)9-12(13)4-3-11-5-7-14-8-6-11/h10-11H,3-9H2,1-2H3. The molecule has 82 valence electrons. The molecule has 1 heterocycles. The number of hydrogen-bond acceptors (Lipinski definition) is 2. The van der Waals surface area contributed by atoms with Gasteiger partial charge in [0.1, 0.15) is 5.78 Å². The highest BCUT2D eigenvalue weighted by atomic mass is 16.5. The molecular formula is C12H22O2. The Morgan fingerprint density at radius 3 is 2.57 bits per heavy atom. The van der Waals surface area contributed by atoms with Crippen molar-refractivity contribution >= 4 is 5.78 Å². The van der Waals surface area contributed by atoms with Crippen molar-refractivity contribution < 1.29 is 9.53 Å². The molecule has 0 N–H and O–H groups in total. The molecule has 1 fully saturated rings. The van der Waals surface area contributed by atoms with Gasteiger partial charge in [-0.3, -0.25) is 4.79 Å². The molecule has 0 radical (unpaired) electrons. The lowest BCUT2D eigenvalue weighted by atomic mass is 9.92. The van der Waals surface area contributed by atoms with Gasteiger partial charge in [0.25, 0.3) is 0 Å². The van der Waals surface area contributed by atoms with Gasteiger partial charge in [-0.25, -0.2) is 0 Å². The summed E-state index contributed by atoms with van der Waals surface area (Å²) < 4.78 is 5.29. The molecule has 2 nitrogen and oxygen atoms in total. The van der Waals surface area contributed by atoms with Crippen LogP contribution in [0.1, 0.15) is 46.0 Å². The average molecular weight is 198 g/mol. The minimum absolute atomic E-state index is 0.437. The van der Waals surface area contributed by atoms with Crippen LogP contribution in [-0.4, -0.2) is 19.0 Å². The summed E-state index contributed by atoms with van der Waals surface area (Å²) in [6.45, 7) is 5.99. The number of carbonyl (C=O) groups is 1. The maximum Gasteiger partial charge on any atom is 0.133 e. The molecule has 0 aromatic rings. The van der Waals surface area contributed by atoms with Crippen molar-refractivity contribution in [3.8, 4) is 0 Å². The van der Waals surface area contributed by atoms with Gasteiger partial charge in [0.15, 0.2) is 0 Å². The van der Waals surface area contributed by atoms with E-state index < -0.39 is 0 Å². The first kappa shape index (κ1) is 11.7. The van der Waals surface area contributed by atoms with Crippen LogP contribution in [0.3, 0.4) is 0 Å². The normalized spacial score (nSPS) is 18.8. The topological polar surface area (TPSA) is 26.3 Å². The molecule has 0 aromatic heterocycles. The minimum atomic E-state index is 0.437. The number of Topliss-reactive ketones (excluding diaryl/α,β-unsaturated/α-hetero) is 1. The van der Waals surface area contributed by atoms with Gasteiger partial charge in [-0.2, -0.15) is 0 Å². The first-order valence-corrected chi connectivity index (χ1v) is 5.78. The fourth-order valence-electron chi connectivity index (χ4n) is 1.96. The van der Waals surface area contributed by atoms with Crippen molar-refractivity contribution in [1.29, 1.82) is 0 Å². The van der Waals surface area contributed by atoms with Crippen LogP contribution in [0.15, 0.2) is 0 Å². The molecule has 0 spiro atoms. The third kappa shape index (κ3) is 4.75. The number of hydrogen-bond donors (Lipinski definition) is 0. The Morgan fingerprint density at radius 1 is 1.36 bits per heavy atom. The van der Waals surface area contributed by atoms with Gasteiger partial charge in [-0.15, -0.1) is 0 Å². The molecule has 0 aliphatic carbocycles. The summed E-state index contributed by atoms with van der Waals surface area (Å²) in [5, 5.41) is 0. The van der Waals surface area contributed by atoms with Crippen molar-refractivity contribution in [1.82, 2.24) is 0 Å². The van der Waals surface area contributed by atoms with Gasteiger partial charge in [0.2, 0.25) is 0 Å². The van der Waals surface area contributed by atoms with Crippen LogP contribution in [0.25, 0.3) is 0 Å². The molecule has 0 aromatic carbocycles. The monoisotopic (exact) mass is 198 g/mol. The van der Waals surface area contributed by atoms with E-state index in [-0.39, 0.29) is 0 Å². The van der Waals surface area contributed by atoms with Gasteiger partial charge in [0, 0.05) is 26.1 Å². The molecule has 0 bridgehead atoms. The predicted octanol–water partition coefficient (Wildman–Crippen LogP) is 2.81. The number of carbonyl (C=O) groups excluding carboxylic acids is 1. The minimum Gasteiger partial charge on any atom is -0.381 e. The van der Waals surface area contributed by atoms with Crippen LogP contribution >= 0.6 is 0 Å². The third-order valence-corrected chi connectivity index (χ3v) is 2.81. The zero-order valence-electron chi connectivity index (χ0n) is 9.42. The van der Waals surface area contributed by atoms with Crippen molar-refractivity contribution in [2.75, 3.05) is 13.2 Å². The Kier molecular flexibility index (Phi) is 5.16. The lowest BCUT2D eigenvalue weighted by Crippen LogP contribution is -2.16. The number of ketones is 1. The van der Waals surface area contributed by atoms with E-state index in [2.05, 4.69) is 13.8 Å². The van der Waals surface area contributed by atoms with E-state index in [1.54, 1.807) is 0 Å². The molecule has 1 rings (SSSR count). The fraction of sp³-hybridized carbons (Fsp3) is 0.917. The van der Waals surface area contributed by atoms with Gasteiger partial charge in [0.05, 0.1) is 0 Å². The van der Waals surface area contributed by atoms with E-state index in [0.717, 1.165) is 51.2 Å². The molecular weight excluding hydrogens is 176 g/mol. The molecule has 1 aliphatic rings. The lowest BCUT2D eigenvalue weighted by molar-refractivity contribution is -0.120. The van der Waals surface area contributed by atoms with E-state index in [0.29, 0.717) is 11.7 Å². The maximum atomic E-state index is 11.5. The Morgan fingerprint density at radius 2 is 2.00 bits per heavy atom. The maximum absolute atomic E-state index is 11.5. The summed E-state index contributed by atoms with van der Waals surface area (Å²) in [6.07, 6.45) is 4.91. The summed E-state index contributed by atoms with van der Waals surface area (Å²) in [5.74, 6) is 1.68. The summed E-state index contributed by atoms with van der Waals surface area (Å²) >= 11 is 0. The number of rotatable bonds is 5. The molecule has 0 amide bonds. The summed E-state index contributed by atoms with van der Waals surface area (Å²) in [7, 11) is 0. The molecule has 1 saturated heterocycles. The van der Waals surface area contributed by atoms with E-state index in [4.69, 9.17) is 4.74 Å². The van der Waals surface area contributed by atoms with E-state index in [1.165, 1.54) is 0 Å². The highest BCUT2D eigenvalue weighted by Crippen LogP contribution is 2.20. The summed E-state index contributed by atoms with van der Waals surface area (Å²) in [5.41, 5.74) is 0. The fourth-order valence-corrected chi connectivity index (χ4v) is 1.96. The van der Waals surface area contributed by atoms with Gasteiger partial charge < -0.3 is 4.74 Å². The smallest absolute Gasteiger partial charge is 0.133 e. The van der Waals surface area contributed by atoms with Gasteiger partial charge in [-0.1, -0.05) is 13.8 Å². The average Bonchev–Trinajstić information content (AvgIpc) is 2.15. The van der Waals surface area contributed by atoms with Crippen LogP contribution in [0, 0.1) is 11.8 Å². The van der Waals surface area contributed by atoms with Gasteiger partial charge >= 0.3 is 0 Å². The molecule has 1 aliphatic heterocycles. The van der Waals surface area contributed by atoms with E-state index in [1.807, 2.05) is 0 Å². The zero-order valence-corrected chi connectivity index (χ0v) is 9.42. The first-order valence-electron chi connectivity index (χ1n) is 5.78. The Labute approximate surface area is 87.0 Å². The second-order valence-electron chi connectivity index (χ2n) is 4.73. The van der Waals surface area contributed by atoms with Crippen LogP contribution in [-0.2, 0) is 9.53 Å². The Bertz CT molecular complexity index is 169.